The molecule has 0 heterocycles. The summed E-state index contributed by atoms with van der Waals surface area (Å²) >= 11 is 4.87. The molecule has 0 saturated heterocycles. The van der Waals surface area contributed by atoms with Crippen LogP contribution in [0.4, 0.5) is 0 Å². The SMILES string of the molecule is CCN(CC(N)=O)C(=O)C1(C(N)=S)CC1. The molecule has 0 spiro atoms. The number of primary amides is 1. The van der Waals surface area contributed by atoms with Crippen molar-refractivity contribution in [1.82, 2.24) is 4.90 Å². The van der Waals surface area contributed by atoms with Crippen LogP contribution in [0.1, 0.15) is 19.8 Å². The van der Waals surface area contributed by atoms with Crippen molar-refractivity contribution in [3.05, 3.63) is 0 Å². The Morgan fingerprint density at radius 3 is 2.20 bits per heavy atom. The summed E-state index contributed by atoms with van der Waals surface area (Å²) in [6.45, 7) is 2.16. The summed E-state index contributed by atoms with van der Waals surface area (Å²) < 4.78 is 0. The van der Waals surface area contributed by atoms with Gasteiger partial charge in [0.1, 0.15) is 0 Å². The standard InChI is InChI=1S/C9H15N3O2S/c1-2-12(5-6(10)13)8(14)9(3-4-9)7(11)15/h2-5H2,1H3,(H2,10,13)(H2,11,15). The third kappa shape index (κ3) is 2.26. The molecule has 0 atom stereocenters. The monoisotopic (exact) mass is 229 g/mol. The van der Waals surface area contributed by atoms with Crippen molar-refractivity contribution in [3.63, 3.8) is 0 Å². The zero-order chi connectivity index (χ0) is 11.6. The molecule has 2 amide bonds. The number of hydrogen-bond acceptors (Lipinski definition) is 3. The lowest BCUT2D eigenvalue weighted by Crippen LogP contribution is -2.46. The molecule has 0 bridgehead atoms. The van der Waals surface area contributed by atoms with E-state index in [0.29, 0.717) is 19.4 Å². The first kappa shape index (κ1) is 11.9. The van der Waals surface area contributed by atoms with Gasteiger partial charge < -0.3 is 16.4 Å². The second-order valence-corrected chi connectivity index (χ2v) is 4.17. The van der Waals surface area contributed by atoms with Crippen LogP contribution in [0.2, 0.25) is 0 Å². The highest BCUT2D eigenvalue weighted by Crippen LogP contribution is 2.47. The van der Waals surface area contributed by atoms with Crippen molar-refractivity contribution in [2.24, 2.45) is 16.9 Å². The Morgan fingerprint density at radius 1 is 1.40 bits per heavy atom. The molecule has 0 unspecified atom stereocenters. The van der Waals surface area contributed by atoms with Gasteiger partial charge in [-0.15, -0.1) is 0 Å². The summed E-state index contributed by atoms with van der Waals surface area (Å²) in [6.07, 6.45) is 1.35. The molecule has 84 valence electrons. The van der Waals surface area contributed by atoms with E-state index in [1.807, 2.05) is 0 Å². The van der Waals surface area contributed by atoms with Crippen molar-refractivity contribution in [2.45, 2.75) is 19.8 Å². The van der Waals surface area contributed by atoms with Gasteiger partial charge in [0.25, 0.3) is 0 Å². The van der Waals surface area contributed by atoms with Crippen LogP contribution in [0.25, 0.3) is 0 Å². The number of rotatable bonds is 5. The van der Waals surface area contributed by atoms with Gasteiger partial charge in [-0.2, -0.15) is 0 Å². The van der Waals surface area contributed by atoms with Gasteiger partial charge in [0, 0.05) is 6.54 Å². The van der Waals surface area contributed by atoms with E-state index < -0.39 is 11.3 Å². The fraction of sp³-hybridized carbons (Fsp3) is 0.667. The Labute approximate surface area is 93.8 Å². The summed E-state index contributed by atoms with van der Waals surface area (Å²) in [5.74, 6) is -0.694. The Bertz CT molecular complexity index is 312. The zero-order valence-corrected chi connectivity index (χ0v) is 9.47. The summed E-state index contributed by atoms with van der Waals surface area (Å²) in [5.41, 5.74) is 9.88. The summed E-state index contributed by atoms with van der Waals surface area (Å²) in [6, 6.07) is 0. The van der Waals surface area contributed by atoms with E-state index in [1.54, 1.807) is 6.92 Å². The molecule has 1 saturated carbocycles. The number of carbonyl (C=O) groups is 2. The number of nitrogens with two attached hydrogens (primary N) is 2. The van der Waals surface area contributed by atoms with E-state index in [2.05, 4.69) is 0 Å². The Kier molecular flexibility index (Phi) is 3.28. The zero-order valence-electron chi connectivity index (χ0n) is 8.66. The maximum atomic E-state index is 12.0. The number of carbonyl (C=O) groups excluding carboxylic acids is 2. The predicted octanol–water partition coefficient (Wildman–Crippen LogP) is -0.613. The summed E-state index contributed by atoms with van der Waals surface area (Å²) in [4.78, 5) is 24.4. The van der Waals surface area contributed by atoms with Crippen LogP contribution in [0.5, 0.6) is 0 Å². The smallest absolute Gasteiger partial charge is 0.237 e. The number of hydrogen-bond donors (Lipinski definition) is 2. The molecule has 0 aliphatic heterocycles. The quantitative estimate of drug-likeness (QED) is 0.615. The minimum Gasteiger partial charge on any atom is -0.392 e. The average Bonchev–Trinajstić information content (AvgIpc) is 2.93. The van der Waals surface area contributed by atoms with Gasteiger partial charge in [-0.1, -0.05) is 12.2 Å². The Hall–Kier alpha value is -1.17. The fourth-order valence-corrected chi connectivity index (χ4v) is 1.80. The van der Waals surface area contributed by atoms with E-state index in [0.717, 1.165) is 0 Å². The van der Waals surface area contributed by atoms with E-state index in [4.69, 9.17) is 23.7 Å². The van der Waals surface area contributed by atoms with Crippen LogP contribution in [0.3, 0.4) is 0 Å². The Balaban J connectivity index is 2.73. The molecule has 5 nitrogen and oxygen atoms in total. The maximum absolute atomic E-state index is 12.0. The van der Waals surface area contributed by atoms with Crippen LogP contribution < -0.4 is 11.5 Å². The summed E-state index contributed by atoms with van der Waals surface area (Å²) in [7, 11) is 0. The van der Waals surface area contributed by atoms with Gasteiger partial charge in [0.15, 0.2) is 0 Å². The number of likely N-dealkylation sites (N-methyl/N-ethyl adjacent to an activating group) is 1. The molecule has 1 fully saturated rings. The van der Waals surface area contributed by atoms with Gasteiger partial charge in [-0.3, -0.25) is 9.59 Å². The molecule has 0 aromatic carbocycles. The van der Waals surface area contributed by atoms with Crippen LogP contribution in [-0.2, 0) is 9.59 Å². The van der Waals surface area contributed by atoms with Gasteiger partial charge in [-0.25, -0.2) is 0 Å². The number of thiocarbonyl (C=S) groups is 1. The molecule has 1 aliphatic carbocycles. The lowest BCUT2D eigenvalue weighted by Gasteiger charge is -2.24. The molecule has 0 aromatic heterocycles. The molecule has 0 aromatic rings. The first-order valence-electron chi connectivity index (χ1n) is 4.81. The van der Waals surface area contributed by atoms with E-state index >= 15 is 0 Å². The highest BCUT2D eigenvalue weighted by molar-refractivity contribution is 7.80. The van der Waals surface area contributed by atoms with E-state index in [9.17, 15) is 9.59 Å². The average molecular weight is 229 g/mol. The second-order valence-electron chi connectivity index (χ2n) is 3.73. The molecule has 15 heavy (non-hydrogen) atoms. The maximum Gasteiger partial charge on any atom is 0.237 e. The van der Waals surface area contributed by atoms with E-state index in [1.165, 1.54) is 4.90 Å². The predicted molar refractivity (Wildman–Crippen MR) is 59.9 cm³/mol. The minimum absolute atomic E-state index is 0.0697. The number of nitrogens with zero attached hydrogens (tertiary/aromatic N) is 1. The first-order valence-corrected chi connectivity index (χ1v) is 5.22. The lowest BCUT2D eigenvalue weighted by molar-refractivity contribution is -0.137. The van der Waals surface area contributed by atoms with Crippen molar-refractivity contribution < 1.29 is 9.59 Å². The van der Waals surface area contributed by atoms with Gasteiger partial charge in [0.05, 0.1) is 16.9 Å². The van der Waals surface area contributed by atoms with Crippen molar-refractivity contribution in [3.8, 4) is 0 Å². The van der Waals surface area contributed by atoms with Gasteiger partial charge >= 0.3 is 0 Å². The van der Waals surface area contributed by atoms with Gasteiger partial charge in [-0.05, 0) is 19.8 Å². The minimum atomic E-state index is -0.694. The Morgan fingerprint density at radius 2 is 1.93 bits per heavy atom. The largest absolute Gasteiger partial charge is 0.392 e. The van der Waals surface area contributed by atoms with Crippen molar-refractivity contribution in [1.29, 1.82) is 0 Å². The third-order valence-corrected chi connectivity index (χ3v) is 3.04. The fourth-order valence-electron chi connectivity index (χ4n) is 1.51. The van der Waals surface area contributed by atoms with E-state index in [-0.39, 0.29) is 17.4 Å². The normalized spacial score (nSPS) is 16.9. The lowest BCUT2D eigenvalue weighted by atomic mass is 10.1. The number of amides is 2. The van der Waals surface area contributed by atoms with Crippen molar-refractivity contribution >= 4 is 29.0 Å². The first-order chi connectivity index (χ1) is 6.94. The van der Waals surface area contributed by atoms with Crippen molar-refractivity contribution in [2.75, 3.05) is 13.1 Å². The molecule has 0 radical (unpaired) electrons. The van der Waals surface area contributed by atoms with Crippen LogP contribution >= 0.6 is 12.2 Å². The molecule has 1 rings (SSSR count). The molecule has 6 heteroatoms. The topological polar surface area (TPSA) is 89.4 Å². The highest BCUT2D eigenvalue weighted by Gasteiger charge is 2.54. The third-order valence-electron chi connectivity index (χ3n) is 2.65. The summed E-state index contributed by atoms with van der Waals surface area (Å²) in [5, 5.41) is 0. The van der Waals surface area contributed by atoms with Gasteiger partial charge in [0.2, 0.25) is 11.8 Å². The molecule has 4 N–H and O–H groups in total. The molecular formula is C9H15N3O2S. The highest BCUT2D eigenvalue weighted by atomic mass is 32.1. The van der Waals surface area contributed by atoms with Crippen LogP contribution in [0, 0.1) is 5.41 Å². The molecule has 1 aliphatic rings. The second kappa shape index (κ2) is 4.14. The van der Waals surface area contributed by atoms with Crippen LogP contribution in [-0.4, -0.2) is 34.8 Å². The molecular weight excluding hydrogens is 214 g/mol. The van der Waals surface area contributed by atoms with Crippen LogP contribution in [0.15, 0.2) is 0 Å².